The predicted octanol–water partition coefficient (Wildman–Crippen LogP) is 0.899. The maximum absolute atomic E-state index is 11.6. The van der Waals surface area contributed by atoms with Crippen molar-refractivity contribution in [1.82, 2.24) is 10.6 Å². The smallest absolute Gasteiger partial charge is 0.302 e. The van der Waals surface area contributed by atoms with Crippen LogP contribution in [0.5, 0.6) is 0 Å². The fourth-order valence-corrected chi connectivity index (χ4v) is 5.62. The summed E-state index contributed by atoms with van der Waals surface area (Å²) in [4.78, 5) is 56.9. The Bertz CT molecular complexity index is 1240. The third-order valence-corrected chi connectivity index (χ3v) is 9.01. The number of esters is 1. The van der Waals surface area contributed by atoms with Crippen molar-refractivity contribution < 1.29 is 72.5 Å². The number of nitrogens with one attached hydrogen (secondary N) is 2. The molecule has 0 radical (unpaired) electrons. The lowest BCUT2D eigenvalue weighted by Gasteiger charge is -2.44. The number of aliphatic hydroxyl groups is 3. The first kappa shape index (κ1) is 49.9. The van der Waals surface area contributed by atoms with Crippen LogP contribution in [0, 0.1) is 11.8 Å². The average Bonchev–Trinajstić information content (AvgIpc) is 3.11. The number of carbonyl (C=O) groups excluding carboxylic acids is 5. The summed E-state index contributed by atoms with van der Waals surface area (Å²) < 4.78 is 38.7. The third kappa shape index (κ3) is 19.0. The van der Waals surface area contributed by atoms with E-state index in [-0.39, 0.29) is 73.9 Å². The molecule has 2 rings (SSSR count). The molecule has 55 heavy (non-hydrogen) atoms. The van der Waals surface area contributed by atoms with E-state index in [1.807, 2.05) is 13.8 Å². The van der Waals surface area contributed by atoms with Crippen molar-refractivity contribution in [1.29, 1.82) is 0 Å². The van der Waals surface area contributed by atoms with Crippen LogP contribution in [-0.2, 0) is 57.1 Å². The van der Waals surface area contributed by atoms with Crippen LogP contribution < -0.4 is 10.6 Å². The van der Waals surface area contributed by atoms with Gasteiger partial charge in [-0.3, -0.25) is 24.0 Å². The van der Waals surface area contributed by atoms with E-state index in [1.165, 1.54) is 20.8 Å². The highest BCUT2D eigenvalue weighted by atomic mass is 16.7. The van der Waals surface area contributed by atoms with Gasteiger partial charge < -0.3 is 59.1 Å². The number of rotatable bonds is 23. The molecule has 0 aromatic heterocycles. The van der Waals surface area contributed by atoms with Gasteiger partial charge in [-0.05, 0) is 49.7 Å². The number of hydrogen-bond acceptors (Lipinski definition) is 15. The van der Waals surface area contributed by atoms with Gasteiger partial charge in [-0.15, -0.1) is 0 Å². The van der Waals surface area contributed by atoms with Crippen LogP contribution in [-0.4, -0.2) is 147 Å². The molecule has 4 unspecified atom stereocenters. The fraction of sp³-hybridized carbons (Fsp3) is 0.763. The standard InChI is InChI=1S/C21H35NO7.C17H29NO8/c1-13(2)18(25)8-7-9-26-10-11-27-21-20(22-16(5)23)15(4)14(3)19(29-21)12-28-17(6)24;1-10(2)12(21)5-4-6-24-7-8-25-17-14(18-11(3)20)16(23)15(22)13(9-19)26-17/h14-15,19-21H,1,7-12H2,2-6H3,(H,22,23);13-17,19,22-23H,1,4-9H2,2-3H3,(H,18,20)/t14-,15-,19?,20?,21+;13?,14?,15-,16-,17-/m01/s1. The minimum atomic E-state index is -1.35. The lowest BCUT2D eigenvalue weighted by Crippen LogP contribution is -2.64. The maximum Gasteiger partial charge on any atom is 0.302 e. The van der Waals surface area contributed by atoms with Crippen LogP contribution in [0.25, 0.3) is 0 Å². The van der Waals surface area contributed by atoms with Crippen LogP contribution in [0.1, 0.15) is 74.1 Å². The summed E-state index contributed by atoms with van der Waals surface area (Å²) in [6.45, 7) is 20.1. The number of amides is 2. The van der Waals surface area contributed by atoms with Crippen molar-refractivity contribution in [2.75, 3.05) is 52.9 Å². The normalized spacial score (nSPS) is 27.5. The molecule has 2 aliphatic heterocycles. The molecule has 316 valence electrons. The Morgan fingerprint density at radius 2 is 1.09 bits per heavy atom. The van der Waals surface area contributed by atoms with E-state index in [4.69, 9.17) is 33.2 Å². The molecule has 0 saturated carbocycles. The van der Waals surface area contributed by atoms with Crippen molar-refractivity contribution in [2.24, 2.45) is 11.8 Å². The van der Waals surface area contributed by atoms with Gasteiger partial charge in [0.15, 0.2) is 24.1 Å². The van der Waals surface area contributed by atoms with Gasteiger partial charge >= 0.3 is 5.97 Å². The van der Waals surface area contributed by atoms with Crippen molar-refractivity contribution >= 4 is 29.4 Å². The summed E-state index contributed by atoms with van der Waals surface area (Å²) in [5, 5.41) is 34.6. The summed E-state index contributed by atoms with van der Waals surface area (Å²) >= 11 is 0. The van der Waals surface area contributed by atoms with E-state index in [1.54, 1.807) is 13.8 Å². The highest BCUT2D eigenvalue weighted by Crippen LogP contribution is 2.32. The Balaban J connectivity index is 0.000000553. The van der Waals surface area contributed by atoms with Crippen molar-refractivity contribution in [3.8, 4) is 0 Å². The van der Waals surface area contributed by atoms with Gasteiger partial charge in [0.2, 0.25) is 11.8 Å². The highest BCUT2D eigenvalue weighted by Gasteiger charge is 2.45. The second-order valence-electron chi connectivity index (χ2n) is 13.8. The molecule has 0 spiro atoms. The molecule has 17 nitrogen and oxygen atoms in total. The molecular formula is C38H64N2O15. The van der Waals surface area contributed by atoms with E-state index in [0.717, 1.165) is 0 Å². The monoisotopic (exact) mass is 788 g/mol. The number of carbonyl (C=O) groups is 5. The molecule has 2 saturated heterocycles. The zero-order valence-corrected chi connectivity index (χ0v) is 33.4. The lowest BCUT2D eigenvalue weighted by atomic mass is 9.82. The Kier molecular flexibility index (Phi) is 24.2. The first-order chi connectivity index (χ1) is 25.9. The van der Waals surface area contributed by atoms with Gasteiger partial charge in [0.25, 0.3) is 0 Å². The molecule has 2 fully saturated rings. The van der Waals surface area contributed by atoms with E-state index >= 15 is 0 Å². The quantitative estimate of drug-likeness (QED) is 0.0550. The van der Waals surface area contributed by atoms with Crippen molar-refractivity contribution in [3.05, 3.63) is 24.3 Å². The first-order valence-corrected chi connectivity index (χ1v) is 18.6. The van der Waals surface area contributed by atoms with E-state index in [9.17, 15) is 39.3 Å². The van der Waals surface area contributed by atoms with E-state index in [0.29, 0.717) is 56.7 Å². The summed E-state index contributed by atoms with van der Waals surface area (Å²) in [6, 6.07) is -1.29. The molecule has 2 amide bonds. The van der Waals surface area contributed by atoms with Gasteiger partial charge in [-0.25, -0.2) is 0 Å². The Morgan fingerprint density at radius 3 is 1.53 bits per heavy atom. The van der Waals surface area contributed by atoms with Gasteiger partial charge in [-0.2, -0.15) is 0 Å². The Morgan fingerprint density at radius 1 is 0.636 bits per heavy atom. The fourth-order valence-electron chi connectivity index (χ4n) is 5.62. The largest absolute Gasteiger partial charge is 0.463 e. The summed E-state index contributed by atoms with van der Waals surface area (Å²) in [5.74, 6) is -0.780. The zero-order chi connectivity index (χ0) is 41.7. The zero-order valence-electron chi connectivity index (χ0n) is 33.4. The number of ketones is 2. The molecule has 0 aromatic rings. The van der Waals surface area contributed by atoms with E-state index in [2.05, 4.69) is 23.8 Å². The highest BCUT2D eigenvalue weighted by molar-refractivity contribution is 5.94. The number of Topliss-reactive ketones (excluding diaryl/α,β-unsaturated/α-hetero) is 2. The van der Waals surface area contributed by atoms with E-state index < -0.39 is 49.4 Å². The summed E-state index contributed by atoms with van der Waals surface area (Å²) in [5.41, 5.74) is 1.07. The molecule has 10 atom stereocenters. The van der Waals surface area contributed by atoms with Crippen molar-refractivity contribution in [3.63, 3.8) is 0 Å². The molecular weight excluding hydrogens is 724 g/mol. The third-order valence-electron chi connectivity index (χ3n) is 9.01. The Labute approximate surface area is 324 Å². The second kappa shape index (κ2) is 26.7. The average molecular weight is 789 g/mol. The molecule has 2 aliphatic rings. The number of aliphatic hydroxyl groups excluding tert-OH is 3. The first-order valence-electron chi connectivity index (χ1n) is 18.6. The Hall–Kier alpha value is -3.13. The summed E-state index contributed by atoms with van der Waals surface area (Å²) in [6.07, 6.45) is -3.76. The molecule has 0 aromatic carbocycles. The SMILES string of the molecule is C=C(C)C(=O)CCCOCCO[C@@H]1OC(CO)[C@@H](O)[C@H](O)C1NC(C)=O.C=C(C)C(=O)CCCOCCO[C@@H]1OC(COC(C)=O)[C@@H](C)[C@H](C)C1NC(C)=O. The van der Waals surface area contributed by atoms with Crippen LogP contribution in [0.4, 0.5) is 0 Å². The molecule has 17 heteroatoms. The number of allylic oxidation sites excluding steroid dienone is 2. The molecule has 0 bridgehead atoms. The molecule has 2 heterocycles. The minimum Gasteiger partial charge on any atom is -0.463 e. The molecule has 0 aliphatic carbocycles. The van der Waals surface area contributed by atoms with Gasteiger partial charge in [-0.1, -0.05) is 27.0 Å². The topological polar surface area (TPSA) is 235 Å². The van der Waals surface area contributed by atoms with Gasteiger partial charge in [0, 0.05) is 46.8 Å². The minimum absolute atomic E-state index is 0.00111. The van der Waals surface area contributed by atoms with Crippen LogP contribution in [0.15, 0.2) is 24.3 Å². The predicted molar refractivity (Wildman–Crippen MR) is 198 cm³/mol. The van der Waals surface area contributed by atoms with Gasteiger partial charge in [0.1, 0.15) is 31.0 Å². The van der Waals surface area contributed by atoms with Gasteiger partial charge in [0.05, 0.1) is 45.2 Å². The van der Waals surface area contributed by atoms with Crippen LogP contribution >= 0.6 is 0 Å². The molecule has 5 N–H and O–H groups in total. The number of hydrogen-bond donors (Lipinski definition) is 5. The van der Waals surface area contributed by atoms with Crippen molar-refractivity contribution in [2.45, 2.75) is 123 Å². The summed E-state index contributed by atoms with van der Waals surface area (Å²) in [7, 11) is 0. The van der Waals surface area contributed by atoms with Crippen LogP contribution in [0.3, 0.4) is 0 Å². The van der Waals surface area contributed by atoms with Crippen LogP contribution in [0.2, 0.25) is 0 Å². The lowest BCUT2D eigenvalue weighted by molar-refractivity contribution is -0.272. The number of ether oxygens (including phenoxy) is 7. The maximum atomic E-state index is 11.6. The second-order valence-corrected chi connectivity index (χ2v) is 13.8.